The third-order valence-electron chi connectivity index (χ3n) is 5.86. The van der Waals surface area contributed by atoms with Crippen molar-refractivity contribution in [3.05, 3.63) is 0 Å². The predicted octanol–water partition coefficient (Wildman–Crippen LogP) is 4.28. The van der Waals surface area contributed by atoms with Gasteiger partial charge in [0.15, 0.2) is 0 Å². The van der Waals surface area contributed by atoms with Gasteiger partial charge in [-0.05, 0) is 63.3 Å². The summed E-state index contributed by atoms with van der Waals surface area (Å²) in [6.45, 7) is 5.96. The van der Waals surface area contributed by atoms with E-state index in [1.807, 2.05) is 0 Å². The van der Waals surface area contributed by atoms with Crippen LogP contribution >= 0.6 is 0 Å². The molecule has 0 aromatic carbocycles. The second-order valence-electron chi connectivity index (χ2n) is 7.94. The van der Waals surface area contributed by atoms with E-state index in [0.29, 0.717) is 11.7 Å². The second-order valence-corrected chi connectivity index (χ2v) is 7.94. The summed E-state index contributed by atoms with van der Waals surface area (Å²) >= 11 is 0. The molecule has 1 spiro atoms. The van der Waals surface area contributed by atoms with Crippen molar-refractivity contribution in [3.8, 4) is 0 Å². The molecular weight excluding hydrogens is 246 g/mol. The Bertz CT molecular complexity index is 305. The zero-order chi connectivity index (χ0) is 14.0. The van der Waals surface area contributed by atoms with Gasteiger partial charge in [0.2, 0.25) is 0 Å². The minimum atomic E-state index is 0.300. The van der Waals surface area contributed by atoms with E-state index in [1.165, 1.54) is 70.8 Å². The van der Waals surface area contributed by atoms with Crippen molar-refractivity contribution in [2.24, 2.45) is 11.8 Å². The van der Waals surface area contributed by atoms with Crippen LogP contribution in [0.25, 0.3) is 0 Å². The van der Waals surface area contributed by atoms with Gasteiger partial charge in [0.25, 0.3) is 0 Å². The standard InChI is InChI=1S/C18H33NO/c1-14(2)15(13-19-16-6-7-16)12-17-8-11-18(20-17)9-4-3-5-10-18/h14-17,19H,3-13H2,1-2H3. The summed E-state index contributed by atoms with van der Waals surface area (Å²) in [6.07, 6.45) is 14.1. The molecule has 1 aliphatic heterocycles. The van der Waals surface area contributed by atoms with E-state index in [4.69, 9.17) is 4.74 Å². The van der Waals surface area contributed by atoms with E-state index >= 15 is 0 Å². The van der Waals surface area contributed by atoms with Crippen molar-refractivity contribution in [1.29, 1.82) is 0 Å². The third-order valence-corrected chi connectivity index (χ3v) is 5.86. The number of ether oxygens (including phenoxy) is 1. The number of hydrogen-bond donors (Lipinski definition) is 1. The van der Waals surface area contributed by atoms with E-state index in [-0.39, 0.29) is 0 Å². The molecule has 116 valence electrons. The van der Waals surface area contributed by atoms with Gasteiger partial charge in [-0.15, -0.1) is 0 Å². The lowest BCUT2D eigenvalue weighted by molar-refractivity contribution is -0.0713. The minimum absolute atomic E-state index is 0.300. The van der Waals surface area contributed by atoms with Gasteiger partial charge in [-0.25, -0.2) is 0 Å². The summed E-state index contributed by atoms with van der Waals surface area (Å²) in [4.78, 5) is 0. The molecule has 1 heterocycles. The first-order valence-corrected chi connectivity index (χ1v) is 9.08. The van der Waals surface area contributed by atoms with Crippen molar-refractivity contribution in [2.75, 3.05) is 6.54 Å². The van der Waals surface area contributed by atoms with Gasteiger partial charge in [-0.2, -0.15) is 0 Å². The third kappa shape index (κ3) is 3.76. The van der Waals surface area contributed by atoms with Gasteiger partial charge in [0, 0.05) is 6.04 Å². The van der Waals surface area contributed by atoms with Gasteiger partial charge in [-0.3, -0.25) is 0 Å². The highest BCUT2D eigenvalue weighted by Gasteiger charge is 2.41. The smallest absolute Gasteiger partial charge is 0.0687 e. The van der Waals surface area contributed by atoms with E-state index in [1.54, 1.807) is 0 Å². The maximum atomic E-state index is 6.57. The zero-order valence-electron chi connectivity index (χ0n) is 13.5. The van der Waals surface area contributed by atoms with Crippen LogP contribution in [0.3, 0.4) is 0 Å². The van der Waals surface area contributed by atoms with Crippen LogP contribution in [0.5, 0.6) is 0 Å². The topological polar surface area (TPSA) is 21.3 Å². The Morgan fingerprint density at radius 3 is 2.45 bits per heavy atom. The molecule has 3 rings (SSSR count). The summed E-state index contributed by atoms with van der Waals surface area (Å²) in [7, 11) is 0. The highest BCUT2D eigenvalue weighted by atomic mass is 16.5. The molecule has 3 fully saturated rings. The average molecular weight is 279 g/mol. The number of nitrogens with one attached hydrogen (secondary N) is 1. The fourth-order valence-corrected chi connectivity index (χ4v) is 4.16. The van der Waals surface area contributed by atoms with Crippen molar-refractivity contribution < 1.29 is 4.74 Å². The summed E-state index contributed by atoms with van der Waals surface area (Å²) in [5.41, 5.74) is 0.300. The highest BCUT2D eigenvalue weighted by Crippen LogP contribution is 2.43. The van der Waals surface area contributed by atoms with Crippen LogP contribution in [-0.2, 0) is 4.74 Å². The van der Waals surface area contributed by atoms with Crippen LogP contribution in [0.2, 0.25) is 0 Å². The Balaban J connectivity index is 1.47. The predicted molar refractivity (Wildman–Crippen MR) is 83.9 cm³/mol. The quantitative estimate of drug-likeness (QED) is 0.783. The van der Waals surface area contributed by atoms with Crippen molar-refractivity contribution in [3.63, 3.8) is 0 Å². The molecule has 2 atom stereocenters. The minimum Gasteiger partial charge on any atom is -0.372 e. The van der Waals surface area contributed by atoms with Crippen LogP contribution in [-0.4, -0.2) is 24.3 Å². The normalized spacial score (nSPS) is 31.1. The second kappa shape index (κ2) is 6.36. The SMILES string of the molecule is CC(C)C(CNC1CC1)CC1CCC2(CCCCC2)O1. The Hall–Kier alpha value is -0.0800. The molecular formula is C18H33NO. The average Bonchev–Trinajstić information content (AvgIpc) is 3.19. The molecule has 20 heavy (non-hydrogen) atoms. The van der Waals surface area contributed by atoms with Gasteiger partial charge >= 0.3 is 0 Å². The summed E-state index contributed by atoms with van der Waals surface area (Å²) in [5.74, 6) is 1.56. The van der Waals surface area contributed by atoms with Crippen molar-refractivity contribution in [2.45, 2.75) is 95.8 Å². The molecule has 3 aliphatic rings. The van der Waals surface area contributed by atoms with Gasteiger partial charge in [0.05, 0.1) is 11.7 Å². The highest BCUT2D eigenvalue weighted by molar-refractivity contribution is 4.92. The molecule has 2 nitrogen and oxygen atoms in total. The molecule has 1 N–H and O–H groups in total. The van der Waals surface area contributed by atoms with E-state index in [2.05, 4.69) is 19.2 Å². The first kappa shape index (κ1) is 14.8. The molecule has 2 aliphatic carbocycles. The largest absolute Gasteiger partial charge is 0.372 e. The molecule has 1 saturated heterocycles. The maximum Gasteiger partial charge on any atom is 0.0687 e. The van der Waals surface area contributed by atoms with Crippen LogP contribution in [0, 0.1) is 11.8 Å². The molecule has 0 radical (unpaired) electrons. The zero-order valence-corrected chi connectivity index (χ0v) is 13.5. The lowest BCUT2D eigenvalue weighted by Crippen LogP contribution is -2.34. The van der Waals surface area contributed by atoms with Crippen LogP contribution < -0.4 is 5.32 Å². The van der Waals surface area contributed by atoms with E-state index in [0.717, 1.165) is 17.9 Å². The molecule has 0 aromatic rings. The summed E-state index contributed by atoms with van der Waals surface area (Å²) in [5, 5.41) is 3.73. The van der Waals surface area contributed by atoms with Gasteiger partial charge in [0.1, 0.15) is 0 Å². The van der Waals surface area contributed by atoms with Crippen LogP contribution in [0.15, 0.2) is 0 Å². The Morgan fingerprint density at radius 1 is 1.05 bits per heavy atom. The summed E-state index contributed by atoms with van der Waals surface area (Å²) < 4.78 is 6.57. The maximum absolute atomic E-state index is 6.57. The van der Waals surface area contributed by atoms with E-state index in [9.17, 15) is 0 Å². The Labute approximate surface area is 125 Å². The lowest BCUT2D eigenvalue weighted by Gasteiger charge is -2.34. The Morgan fingerprint density at radius 2 is 1.80 bits per heavy atom. The molecule has 2 heteroatoms. The first-order chi connectivity index (χ1) is 9.67. The monoisotopic (exact) mass is 279 g/mol. The van der Waals surface area contributed by atoms with Crippen molar-refractivity contribution >= 4 is 0 Å². The van der Waals surface area contributed by atoms with Crippen LogP contribution in [0.4, 0.5) is 0 Å². The van der Waals surface area contributed by atoms with Gasteiger partial charge < -0.3 is 10.1 Å². The molecule has 2 saturated carbocycles. The molecule has 0 amide bonds. The molecule has 0 bridgehead atoms. The molecule has 0 aromatic heterocycles. The first-order valence-electron chi connectivity index (χ1n) is 9.08. The number of hydrogen-bond acceptors (Lipinski definition) is 2. The Kier molecular flexibility index (Phi) is 4.72. The van der Waals surface area contributed by atoms with E-state index < -0.39 is 0 Å². The lowest BCUT2D eigenvalue weighted by atomic mass is 9.82. The fourth-order valence-electron chi connectivity index (χ4n) is 4.16. The molecule has 2 unspecified atom stereocenters. The van der Waals surface area contributed by atoms with Crippen LogP contribution in [0.1, 0.15) is 78.1 Å². The van der Waals surface area contributed by atoms with Gasteiger partial charge in [-0.1, -0.05) is 33.1 Å². The number of rotatable bonds is 6. The summed E-state index contributed by atoms with van der Waals surface area (Å²) in [6, 6.07) is 0.838. The fraction of sp³-hybridized carbons (Fsp3) is 1.00. The van der Waals surface area contributed by atoms with Crippen molar-refractivity contribution in [1.82, 2.24) is 5.32 Å².